The Hall–Kier alpha value is -1.77. The molecule has 0 bridgehead atoms. The first-order valence-corrected chi connectivity index (χ1v) is 9.09. The number of esters is 1. The van der Waals surface area contributed by atoms with Gasteiger partial charge in [0.1, 0.15) is 0 Å². The zero-order chi connectivity index (χ0) is 16.9. The molecule has 0 aliphatic rings. The van der Waals surface area contributed by atoms with Gasteiger partial charge >= 0.3 is 5.97 Å². The molecule has 0 atom stereocenters. The lowest BCUT2D eigenvalue weighted by Gasteiger charge is -2.07. The van der Waals surface area contributed by atoms with E-state index in [-0.39, 0.29) is 12.3 Å². The molecule has 0 unspecified atom stereocenters. The molecule has 0 aliphatic heterocycles. The zero-order valence-corrected chi connectivity index (χ0v) is 14.7. The number of rotatable bonds is 6. The third kappa shape index (κ3) is 5.42. The third-order valence-corrected chi connectivity index (χ3v) is 4.76. The number of nitrogens with zero attached hydrogens (tertiary/aromatic N) is 1. The van der Waals surface area contributed by atoms with Crippen LogP contribution in [0.1, 0.15) is 21.6 Å². The van der Waals surface area contributed by atoms with Crippen LogP contribution in [0.15, 0.2) is 47.1 Å². The summed E-state index contributed by atoms with van der Waals surface area (Å²) in [4.78, 5) is 15.3. The van der Waals surface area contributed by atoms with Crippen LogP contribution >= 0.6 is 15.9 Å². The van der Waals surface area contributed by atoms with Gasteiger partial charge in [0.25, 0.3) is 0 Å². The van der Waals surface area contributed by atoms with Crippen molar-refractivity contribution >= 4 is 31.9 Å². The van der Waals surface area contributed by atoms with Crippen molar-refractivity contribution in [3.8, 4) is 0 Å². The Balaban J connectivity index is 1.97. The maximum atomic E-state index is 12.1. The van der Waals surface area contributed by atoms with Crippen molar-refractivity contribution in [2.24, 2.45) is 0 Å². The van der Waals surface area contributed by atoms with Crippen LogP contribution < -0.4 is 4.72 Å². The molecule has 1 heterocycles. The van der Waals surface area contributed by atoms with Crippen molar-refractivity contribution in [3.05, 3.63) is 63.9 Å². The summed E-state index contributed by atoms with van der Waals surface area (Å²) in [5.41, 5.74) is 1.50. The largest absolute Gasteiger partial charge is 0.465 e. The van der Waals surface area contributed by atoms with Gasteiger partial charge in [0.15, 0.2) is 0 Å². The van der Waals surface area contributed by atoms with E-state index in [2.05, 4.69) is 30.4 Å². The number of hydrogen-bond donors (Lipinski definition) is 1. The molecular formula is C15H15BrN2O4S. The fraction of sp³-hybridized carbons (Fsp3) is 0.200. The minimum Gasteiger partial charge on any atom is -0.465 e. The Morgan fingerprint density at radius 3 is 2.70 bits per heavy atom. The molecule has 6 nitrogen and oxygen atoms in total. The maximum absolute atomic E-state index is 12.1. The van der Waals surface area contributed by atoms with Crippen LogP contribution in [0.2, 0.25) is 0 Å². The van der Waals surface area contributed by atoms with E-state index in [1.165, 1.54) is 19.4 Å². The number of nitrogens with one attached hydrogen (secondary N) is 1. The third-order valence-electron chi connectivity index (χ3n) is 2.96. The first kappa shape index (κ1) is 17.6. The summed E-state index contributed by atoms with van der Waals surface area (Å²) in [6.07, 6.45) is 1.35. The summed E-state index contributed by atoms with van der Waals surface area (Å²) >= 11 is 3.31. The number of hydrogen-bond acceptors (Lipinski definition) is 5. The van der Waals surface area contributed by atoms with Crippen LogP contribution in [-0.4, -0.2) is 26.5 Å². The summed E-state index contributed by atoms with van der Waals surface area (Å²) in [6, 6.07) is 10.2. The van der Waals surface area contributed by atoms with E-state index >= 15 is 0 Å². The first-order valence-electron chi connectivity index (χ1n) is 6.64. The number of methoxy groups -OCH3 is 1. The molecule has 122 valence electrons. The molecule has 0 fully saturated rings. The van der Waals surface area contributed by atoms with Gasteiger partial charge in [-0.15, -0.1) is 0 Å². The van der Waals surface area contributed by atoms with Crippen LogP contribution in [0.3, 0.4) is 0 Å². The highest BCUT2D eigenvalue weighted by Gasteiger charge is 2.12. The standard InChI is InChI=1S/C15H15BrN2O4S/c1-22-15(19)12-5-6-14(17-8-12)9-18-23(20,21)10-11-3-2-4-13(16)7-11/h2-8,18H,9-10H2,1H3. The fourth-order valence-electron chi connectivity index (χ4n) is 1.85. The molecular weight excluding hydrogens is 384 g/mol. The van der Waals surface area contributed by atoms with E-state index < -0.39 is 16.0 Å². The highest BCUT2D eigenvalue weighted by molar-refractivity contribution is 9.10. The predicted octanol–water partition coefficient (Wildman–Crippen LogP) is 2.25. The van der Waals surface area contributed by atoms with E-state index in [9.17, 15) is 13.2 Å². The molecule has 1 N–H and O–H groups in total. The van der Waals surface area contributed by atoms with Crippen LogP contribution in [0.25, 0.3) is 0 Å². The maximum Gasteiger partial charge on any atom is 0.339 e. The highest BCUT2D eigenvalue weighted by atomic mass is 79.9. The molecule has 0 saturated carbocycles. The van der Waals surface area contributed by atoms with Gasteiger partial charge < -0.3 is 4.74 Å². The lowest BCUT2D eigenvalue weighted by atomic mass is 10.2. The topological polar surface area (TPSA) is 85.4 Å². The fourth-order valence-corrected chi connectivity index (χ4v) is 3.38. The lowest BCUT2D eigenvalue weighted by Crippen LogP contribution is -2.25. The number of aromatic nitrogens is 1. The molecule has 2 rings (SSSR count). The van der Waals surface area contributed by atoms with Crippen LogP contribution in [0, 0.1) is 0 Å². The smallest absolute Gasteiger partial charge is 0.339 e. The summed E-state index contributed by atoms with van der Waals surface area (Å²) < 4.78 is 32.0. The predicted molar refractivity (Wildman–Crippen MR) is 89.2 cm³/mol. The number of carbonyl (C=O) groups is 1. The van der Waals surface area contributed by atoms with Crippen molar-refractivity contribution in [2.45, 2.75) is 12.3 Å². The number of sulfonamides is 1. The minimum absolute atomic E-state index is 0.0534. The minimum atomic E-state index is -3.48. The van der Waals surface area contributed by atoms with Gasteiger partial charge in [-0.3, -0.25) is 4.98 Å². The van der Waals surface area contributed by atoms with Gasteiger partial charge in [-0.1, -0.05) is 28.1 Å². The van der Waals surface area contributed by atoms with E-state index in [0.29, 0.717) is 16.8 Å². The Labute approximate surface area is 143 Å². The Morgan fingerprint density at radius 1 is 1.30 bits per heavy atom. The number of benzene rings is 1. The number of pyridine rings is 1. The average molecular weight is 399 g/mol. The second kappa shape index (κ2) is 7.67. The van der Waals surface area contributed by atoms with Crippen LogP contribution in [0.5, 0.6) is 0 Å². The summed E-state index contributed by atoms with van der Waals surface area (Å²) in [5.74, 6) is -0.605. The summed E-state index contributed by atoms with van der Waals surface area (Å²) in [6.45, 7) is 0.0534. The van der Waals surface area contributed by atoms with Crippen molar-refractivity contribution < 1.29 is 17.9 Å². The van der Waals surface area contributed by atoms with Crippen molar-refractivity contribution in [1.29, 1.82) is 0 Å². The molecule has 0 radical (unpaired) electrons. The molecule has 8 heteroatoms. The summed E-state index contributed by atoms with van der Waals surface area (Å²) in [7, 11) is -2.20. The second-order valence-electron chi connectivity index (χ2n) is 4.74. The Kier molecular flexibility index (Phi) is 5.86. The molecule has 1 aromatic carbocycles. The SMILES string of the molecule is COC(=O)c1ccc(CNS(=O)(=O)Cc2cccc(Br)c2)nc1. The molecule has 0 aliphatic carbocycles. The number of halogens is 1. The Morgan fingerprint density at radius 2 is 2.09 bits per heavy atom. The van der Waals surface area contributed by atoms with Gasteiger partial charge in [-0.25, -0.2) is 17.9 Å². The Bertz CT molecular complexity index is 791. The summed E-state index contributed by atoms with van der Waals surface area (Å²) in [5, 5.41) is 0. The molecule has 1 aromatic heterocycles. The second-order valence-corrected chi connectivity index (χ2v) is 7.46. The van der Waals surface area contributed by atoms with Gasteiger partial charge in [0.2, 0.25) is 10.0 Å². The van der Waals surface area contributed by atoms with Crippen molar-refractivity contribution in [3.63, 3.8) is 0 Å². The molecule has 0 amide bonds. The van der Waals surface area contributed by atoms with E-state index in [1.54, 1.807) is 24.3 Å². The first-order chi connectivity index (χ1) is 10.9. The van der Waals surface area contributed by atoms with Gasteiger partial charge in [-0.05, 0) is 29.8 Å². The number of carbonyl (C=O) groups excluding carboxylic acids is 1. The molecule has 23 heavy (non-hydrogen) atoms. The highest BCUT2D eigenvalue weighted by Crippen LogP contribution is 2.13. The van der Waals surface area contributed by atoms with Crippen LogP contribution in [0.4, 0.5) is 0 Å². The number of ether oxygens (including phenoxy) is 1. The van der Waals surface area contributed by atoms with Crippen molar-refractivity contribution in [2.75, 3.05) is 7.11 Å². The monoisotopic (exact) mass is 398 g/mol. The average Bonchev–Trinajstić information content (AvgIpc) is 2.52. The zero-order valence-electron chi connectivity index (χ0n) is 12.3. The van der Waals surface area contributed by atoms with Gasteiger partial charge in [0, 0.05) is 10.7 Å². The van der Waals surface area contributed by atoms with Crippen LogP contribution in [-0.2, 0) is 27.1 Å². The lowest BCUT2D eigenvalue weighted by molar-refractivity contribution is 0.0600. The van der Waals surface area contributed by atoms with Crippen molar-refractivity contribution in [1.82, 2.24) is 9.71 Å². The molecule has 0 saturated heterocycles. The molecule has 0 spiro atoms. The van der Waals surface area contributed by atoms with E-state index in [4.69, 9.17) is 0 Å². The van der Waals surface area contributed by atoms with E-state index in [1.807, 2.05) is 6.07 Å². The quantitative estimate of drug-likeness (QED) is 0.754. The normalized spacial score (nSPS) is 11.2. The molecule has 2 aromatic rings. The van der Waals surface area contributed by atoms with E-state index in [0.717, 1.165) is 4.47 Å². The van der Waals surface area contributed by atoms with Gasteiger partial charge in [-0.2, -0.15) is 0 Å². The van der Waals surface area contributed by atoms with Gasteiger partial charge in [0.05, 0.1) is 30.7 Å².